The lowest BCUT2D eigenvalue weighted by molar-refractivity contribution is -0.150. The van der Waals surface area contributed by atoms with Gasteiger partial charge in [-0.05, 0) is 49.9 Å². The van der Waals surface area contributed by atoms with Gasteiger partial charge in [-0.15, -0.1) is 0 Å². The molecule has 11 N–H and O–H groups in total. The first kappa shape index (κ1) is 36.2. The second kappa shape index (κ2) is 16.7. The summed E-state index contributed by atoms with van der Waals surface area (Å²) >= 11 is 11.4. The minimum atomic E-state index is -1.47. The highest BCUT2D eigenvalue weighted by molar-refractivity contribution is 6.32. The molecule has 2 rings (SSSR count). The largest absolute Gasteiger partial charge is 0.504 e. The average Bonchev–Trinajstić information content (AvgIpc) is 2.99. The predicted molar refractivity (Wildman–Crippen MR) is 157 cm³/mol. The zero-order chi connectivity index (χ0) is 33.8. The van der Waals surface area contributed by atoms with Crippen molar-refractivity contribution in [3.05, 3.63) is 45.4 Å². The molecular weight excluding hydrogens is 643 g/mol. The van der Waals surface area contributed by atoms with Crippen LogP contribution < -0.4 is 21.7 Å². The summed E-state index contributed by atoms with van der Waals surface area (Å²) in [5, 5.41) is 65.0. The van der Waals surface area contributed by atoms with E-state index >= 15 is 0 Å². The third-order valence-electron chi connectivity index (χ3n) is 6.11. The van der Waals surface area contributed by atoms with Crippen LogP contribution in [0.1, 0.15) is 46.4 Å². The third kappa shape index (κ3) is 10.3. The summed E-state index contributed by atoms with van der Waals surface area (Å²) in [6, 6.07) is 1.63. The highest BCUT2D eigenvalue weighted by Gasteiger charge is 2.28. The maximum atomic E-state index is 13.1. The fraction of sp³-hybridized carbons (Fsp3) is 0.308. The molecule has 2 unspecified atom stereocenters. The molecule has 0 aliphatic carbocycles. The van der Waals surface area contributed by atoms with Crippen LogP contribution in [0.25, 0.3) is 0 Å². The van der Waals surface area contributed by atoms with E-state index in [1.54, 1.807) is 0 Å². The van der Waals surface area contributed by atoms with E-state index in [-0.39, 0.29) is 60.8 Å². The Hall–Kier alpha value is -5.00. The molecule has 45 heavy (non-hydrogen) atoms. The molecule has 0 saturated heterocycles. The molecule has 0 aliphatic heterocycles. The van der Waals surface area contributed by atoms with E-state index in [0.717, 1.165) is 18.2 Å². The number of amides is 4. The number of hydrogen-bond acceptors (Lipinski definition) is 11. The lowest BCUT2D eigenvalue weighted by Crippen LogP contribution is -2.51. The van der Waals surface area contributed by atoms with Crippen molar-refractivity contribution >= 4 is 59.3 Å². The zero-order valence-electron chi connectivity index (χ0n) is 23.2. The van der Waals surface area contributed by atoms with Crippen LogP contribution >= 0.6 is 23.2 Å². The Balaban J connectivity index is 2.15. The number of hydrogen-bond donors (Lipinski definition) is 10. The van der Waals surface area contributed by atoms with Gasteiger partial charge in [-0.25, -0.2) is 9.86 Å². The van der Waals surface area contributed by atoms with Crippen LogP contribution in [-0.4, -0.2) is 97.0 Å². The maximum Gasteiger partial charge on any atom is 0.326 e. The molecule has 2 atom stereocenters. The van der Waals surface area contributed by atoms with Gasteiger partial charge < -0.3 is 41.9 Å². The minimum absolute atomic E-state index is 0.00540. The van der Waals surface area contributed by atoms with E-state index < -0.39 is 70.3 Å². The summed E-state index contributed by atoms with van der Waals surface area (Å²) in [5.41, 5.74) is 4.92. The number of carbonyl (C=O) groups is 5. The average molecular weight is 673 g/mol. The molecule has 17 nitrogen and oxygen atoms in total. The molecule has 4 amide bonds. The number of carboxylic acids is 1. The number of phenolic OH excluding ortho intramolecular Hbond substituents is 4. The van der Waals surface area contributed by atoms with Crippen molar-refractivity contribution in [3.63, 3.8) is 0 Å². The number of aliphatic imine (C=N–C) groups is 1. The van der Waals surface area contributed by atoms with Crippen LogP contribution in [0.15, 0.2) is 29.3 Å². The Morgan fingerprint density at radius 1 is 0.844 bits per heavy atom. The molecule has 244 valence electrons. The van der Waals surface area contributed by atoms with E-state index in [4.69, 9.17) is 28.9 Å². The molecule has 0 aromatic heterocycles. The molecule has 2 aromatic rings. The van der Waals surface area contributed by atoms with Gasteiger partial charge in [0.1, 0.15) is 12.1 Å². The lowest BCUT2D eigenvalue weighted by Gasteiger charge is -2.22. The fourth-order valence-electron chi connectivity index (χ4n) is 3.74. The number of aliphatic carboxylic acids is 1. The van der Waals surface area contributed by atoms with Gasteiger partial charge in [0, 0.05) is 13.1 Å². The second-order valence-electron chi connectivity index (χ2n) is 9.28. The molecule has 0 radical (unpaired) electrons. The zero-order valence-corrected chi connectivity index (χ0v) is 24.7. The molecule has 0 saturated carbocycles. The van der Waals surface area contributed by atoms with Gasteiger partial charge in [-0.2, -0.15) is 0 Å². The van der Waals surface area contributed by atoms with Gasteiger partial charge in [0.05, 0.1) is 21.2 Å². The van der Waals surface area contributed by atoms with E-state index in [2.05, 4.69) is 20.9 Å². The number of benzene rings is 2. The van der Waals surface area contributed by atoms with Crippen molar-refractivity contribution < 1.29 is 54.7 Å². The first-order valence-electron chi connectivity index (χ1n) is 12.9. The van der Waals surface area contributed by atoms with Crippen LogP contribution in [0, 0.1) is 0 Å². The molecular formula is C26H30Cl2N6O11. The number of nitrogens with zero attached hydrogens (tertiary/aromatic N) is 2. The number of halogens is 2. The predicted octanol–water partition coefficient (Wildman–Crippen LogP) is 0.636. The SMILES string of the molecule is NC(=NCCCC(NC(=O)c1ccc(Cl)c(O)c1O)C(=O)NC(CCCN(O)C=O)C(=O)O)NC(=O)c1ccc(Cl)c(O)c1O. The fourth-order valence-corrected chi connectivity index (χ4v) is 4.04. The summed E-state index contributed by atoms with van der Waals surface area (Å²) in [6.45, 7) is -0.339. The van der Waals surface area contributed by atoms with Gasteiger partial charge in [0.2, 0.25) is 12.3 Å². The number of nitrogens with two attached hydrogens (primary N) is 1. The number of nitrogens with one attached hydrogen (secondary N) is 3. The Kier molecular flexibility index (Phi) is 13.5. The molecule has 0 heterocycles. The van der Waals surface area contributed by atoms with E-state index in [0.29, 0.717) is 5.06 Å². The number of guanidine groups is 1. The van der Waals surface area contributed by atoms with Gasteiger partial charge in [-0.3, -0.25) is 34.7 Å². The molecule has 0 bridgehead atoms. The quantitative estimate of drug-likeness (QED) is 0.0237. The number of carbonyl (C=O) groups excluding carboxylic acids is 4. The summed E-state index contributed by atoms with van der Waals surface area (Å²) < 4.78 is 0. The number of phenols is 4. The van der Waals surface area contributed by atoms with E-state index in [9.17, 15) is 54.7 Å². The maximum absolute atomic E-state index is 13.1. The van der Waals surface area contributed by atoms with Crippen LogP contribution in [0.3, 0.4) is 0 Å². The molecule has 19 heteroatoms. The lowest BCUT2D eigenvalue weighted by atomic mass is 10.1. The first-order chi connectivity index (χ1) is 21.2. The number of hydroxylamine groups is 2. The van der Waals surface area contributed by atoms with Gasteiger partial charge in [0.15, 0.2) is 29.0 Å². The van der Waals surface area contributed by atoms with E-state index in [1.165, 1.54) is 6.07 Å². The van der Waals surface area contributed by atoms with Crippen molar-refractivity contribution in [2.75, 3.05) is 13.1 Å². The topological polar surface area (TPSA) is 284 Å². The van der Waals surface area contributed by atoms with E-state index in [1.807, 2.05) is 0 Å². The summed E-state index contributed by atoms with van der Waals surface area (Å²) in [5.74, 6) is -7.87. The molecule has 0 fully saturated rings. The van der Waals surface area contributed by atoms with Gasteiger partial charge in [0.25, 0.3) is 11.8 Å². The van der Waals surface area contributed by atoms with Crippen LogP contribution in [-0.2, 0) is 14.4 Å². The summed E-state index contributed by atoms with van der Waals surface area (Å²) in [6.07, 6.45) is -0.224. The van der Waals surface area contributed by atoms with Crippen molar-refractivity contribution in [1.29, 1.82) is 0 Å². The van der Waals surface area contributed by atoms with Crippen LogP contribution in [0.4, 0.5) is 0 Å². The summed E-state index contributed by atoms with van der Waals surface area (Å²) in [4.78, 5) is 64.5. The third-order valence-corrected chi connectivity index (χ3v) is 6.72. The Morgan fingerprint density at radius 2 is 1.38 bits per heavy atom. The van der Waals surface area contributed by atoms with Crippen LogP contribution in [0.2, 0.25) is 10.0 Å². The summed E-state index contributed by atoms with van der Waals surface area (Å²) in [7, 11) is 0. The Morgan fingerprint density at radius 3 is 1.91 bits per heavy atom. The van der Waals surface area contributed by atoms with Gasteiger partial charge >= 0.3 is 5.97 Å². The van der Waals surface area contributed by atoms with Crippen LogP contribution in [0.5, 0.6) is 23.0 Å². The normalized spacial score (nSPS) is 12.5. The Bertz CT molecular complexity index is 1470. The molecule has 0 aliphatic rings. The standard InChI is InChI=1S/C26H30Cl2N6O11/c27-14-7-5-12(18(36)20(14)38)22(40)31-16(24(42)32-17(25(43)44)4-2-10-34(45)11-35)3-1-9-30-26(29)33-23(41)13-6-8-15(28)21(39)19(13)37/h5-8,11,16-17,36-39,45H,1-4,9-10H2,(H,31,40)(H,32,42)(H,43,44)(H3,29,30,33,41). The van der Waals surface area contributed by atoms with Crippen molar-refractivity contribution in [2.45, 2.75) is 37.8 Å². The minimum Gasteiger partial charge on any atom is -0.504 e. The van der Waals surface area contributed by atoms with Crippen molar-refractivity contribution in [1.82, 2.24) is 21.0 Å². The number of aromatic hydroxyl groups is 4. The highest BCUT2D eigenvalue weighted by Crippen LogP contribution is 2.36. The monoisotopic (exact) mass is 672 g/mol. The van der Waals surface area contributed by atoms with Crippen molar-refractivity contribution in [2.24, 2.45) is 10.7 Å². The Labute approximate surface area is 264 Å². The highest BCUT2D eigenvalue weighted by atomic mass is 35.5. The van der Waals surface area contributed by atoms with Gasteiger partial charge in [-0.1, -0.05) is 23.2 Å². The molecule has 2 aromatic carbocycles. The molecule has 0 spiro atoms. The number of carboxylic acid groups (broad SMARTS) is 1. The number of rotatable bonds is 15. The van der Waals surface area contributed by atoms with Crippen molar-refractivity contribution in [3.8, 4) is 23.0 Å². The smallest absolute Gasteiger partial charge is 0.326 e. The first-order valence-corrected chi connectivity index (χ1v) is 13.7. The second-order valence-corrected chi connectivity index (χ2v) is 10.1.